The summed E-state index contributed by atoms with van der Waals surface area (Å²) in [5.74, 6) is 0.168. The van der Waals surface area contributed by atoms with Crippen molar-refractivity contribution in [3.63, 3.8) is 0 Å². The van der Waals surface area contributed by atoms with Crippen LogP contribution in [-0.2, 0) is 9.63 Å². The molecule has 0 saturated heterocycles. The third kappa shape index (κ3) is 4.34. The lowest BCUT2D eigenvalue weighted by molar-refractivity contribution is -0.146. The van der Waals surface area contributed by atoms with Crippen LogP contribution in [-0.4, -0.2) is 18.4 Å². The summed E-state index contributed by atoms with van der Waals surface area (Å²) < 4.78 is 5.37. The molecule has 2 N–H and O–H groups in total. The van der Waals surface area contributed by atoms with Crippen molar-refractivity contribution in [2.75, 3.05) is 6.61 Å². The van der Waals surface area contributed by atoms with Gasteiger partial charge in [0.25, 0.3) is 0 Å². The molecule has 0 aliphatic heterocycles. The molecule has 0 atom stereocenters. The second kappa shape index (κ2) is 7.26. The van der Waals surface area contributed by atoms with Gasteiger partial charge in [-0.3, -0.25) is 0 Å². The second-order valence-corrected chi connectivity index (χ2v) is 4.86. The molecule has 0 aromatic heterocycles. The first kappa shape index (κ1) is 15.6. The van der Waals surface area contributed by atoms with Crippen molar-refractivity contribution < 1.29 is 14.4 Å². The van der Waals surface area contributed by atoms with Crippen molar-refractivity contribution in [2.45, 2.75) is 13.8 Å². The zero-order chi connectivity index (χ0) is 15.9. The molecule has 0 aliphatic carbocycles. The van der Waals surface area contributed by atoms with Crippen molar-refractivity contribution in [1.82, 2.24) is 0 Å². The van der Waals surface area contributed by atoms with Gasteiger partial charge in [-0.1, -0.05) is 47.1 Å². The first-order valence-electron chi connectivity index (χ1n) is 6.85. The first-order valence-corrected chi connectivity index (χ1v) is 6.85. The van der Waals surface area contributed by atoms with Crippen molar-refractivity contribution in [3.05, 3.63) is 65.2 Å². The molecular weight excluding hydrogens is 280 g/mol. The van der Waals surface area contributed by atoms with E-state index in [-0.39, 0.29) is 12.4 Å². The summed E-state index contributed by atoms with van der Waals surface area (Å²) in [6.45, 7) is 3.61. The van der Waals surface area contributed by atoms with E-state index in [1.807, 2.05) is 50.2 Å². The van der Waals surface area contributed by atoms with Crippen molar-refractivity contribution in [1.29, 1.82) is 0 Å². The Labute approximate surface area is 129 Å². The van der Waals surface area contributed by atoms with Gasteiger partial charge in [0.05, 0.1) is 0 Å². The Morgan fingerprint density at radius 2 is 1.91 bits per heavy atom. The highest BCUT2D eigenvalue weighted by Gasteiger charge is 2.07. The van der Waals surface area contributed by atoms with Crippen molar-refractivity contribution in [3.8, 4) is 5.75 Å². The lowest BCUT2D eigenvalue weighted by Gasteiger charge is -2.07. The molecule has 0 aliphatic rings. The molecule has 114 valence electrons. The molecule has 5 nitrogen and oxygen atoms in total. The van der Waals surface area contributed by atoms with Gasteiger partial charge in [0.1, 0.15) is 5.75 Å². The summed E-state index contributed by atoms with van der Waals surface area (Å²) in [5, 5.41) is 3.64. The minimum atomic E-state index is -0.612. The van der Waals surface area contributed by atoms with Crippen molar-refractivity contribution >= 4 is 11.8 Å². The number of nitrogens with zero attached hydrogens (tertiary/aromatic N) is 1. The topological polar surface area (TPSA) is 73.9 Å². The zero-order valence-corrected chi connectivity index (χ0v) is 12.6. The highest BCUT2D eigenvalue weighted by atomic mass is 16.7. The zero-order valence-electron chi connectivity index (χ0n) is 12.6. The summed E-state index contributed by atoms with van der Waals surface area (Å²) in [6, 6.07) is 14.9. The number of amidine groups is 1. The Morgan fingerprint density at radius 1 is 1.14 bits per heavy atom. The number of aryl methyl sites for hydroxylation is 2. The largest absolute Gasteiger partial charge is 0.482 e. The van der Waals surface area contributed by atoms with E-state index in [0.717, 1.165) is 11.1 Å². The minimum absolute atomic E-state index is 0.146. The van der Waals surface area contributed by atoms with E-state index >= 15 is 0 Å². The van der Waals surface area contributed by atoms with E-state index in [2.05, 4.69) is 5.16 Å². The molecule has 0 heterocycles. The average Bonchev–Trinajstić information content (AvgIpc) is 2.52. The number of hydrogen-bond acceptors (Lipinski definition) is 4. The van der Waals surface area contributed by atoms with Gasteiger partial charge in [0.15, 0.2) is 12.4 Å². The van der Waals surface area contributed by atoms with Gasteiger partial charge >= 0.3 is 5.97 Å². The van der Waals surface area contributed by atoms with Crippen LogP contribution < -0.4 is 10.5 Å². The normalized spacial score (nSPS) is 11.1. The number of benzene rings is 2. The molecule has 22 heavy (non-hydrogen) atoms. The van der Waals surface area contributed by atoms with E-state index in [4.69, 9.17) is 15.3 Å². The number of carbonyl (C=O) groups excluding carboxylic acids is 1. The standard InChI is InChI=1S/C17H18N2O3/c1-12-6-5-8-14(10-12)17(18)19-22-16(20)11-21-15-9-4-3-7-13(15)2/h3-10H,11H2,1-2H3,(H2,18,19). The summed E-state index contributed by atoms with van der Waals surface area (Å²) in [6.07, 6.45) is 0. The van der Waals surface area contributed by atoms with E-state index in [1.54, 1.807) is 12.1 Å². The van der Waals surface area contributed by atoms with Crippen LogP contribution in [0.4, 0.5) is 0 Å². The summed E-state index contributed by atoms with van der Waals surface area (Å²) in [5.41, 5.74) is 8.47. The highest BCUT2D eigenvalue weighted by Crippen LogP contribution is 2.15. The van der Waals surface area contributed by atoms with Gasteiger partial charge < -0.3 is 15.3 Å². The number of ether oxygens (including phenoxy) is 1. The summed E-state index contributed by atoms with van der Waals surface area (Å²) >= 11 is 0. The van der Waals surface area contributed by atoms with Crippen LogP contribution in [0.5, 0.6) is 5.75 Å². The summed E-state index contributed by atoms with van der Waals surface area (Å²) in [7, 11) is 0. The Hall–Kier alpha value is -2.82. The molecule has 5 heteroatoms. The van der Waals surface area contributed by atoms with E-state index in [0.29, 0.717) is 11.3 Å². The smallest absolute Gasteiger partial charge is 0.372 e. The highest BCUT2D eigenvalue weighted by molar-refractivity contribution is 5.97. The van der Waals surface area contributed by atoms with Crippen LogP contribution in [0, 0.1) is 13.8 Å². The Kier molecular flexibility index (Phi) is 5.14. The van der Waals surface area contributed by atoms with Gasteiger partial charge in [-0.15, -0.1) is 0 Å². The number of para-hydroxylation sites is 1. The molecule has 0 spiro atoms. The number of hydrogen-bond donors (Lipinski definition) is 1. The first-order chi connectivity index (χ1) is 10.6. The van der Waals surface area contributed by atoms with Gasteiger partial charge in [-0.05, 0) is 31.5 Å². The number of nitrogens with two attached hydrogens (primary N) is 1. The molecule has 0 bridgehead atoms. The monoisotopic (exact) mass is 298 g/mol. The van der Waals surface area contributed by atoms with Crippen LogP contribution in [0.15, 0.2) is 53.7 Å². The molecule has 0 fully saturated rings. The maximum atomic E-state index is 11.6. The van der Waals surface area contributed by atoms with Gasteiger partial charge in [0, 0.05) is 5.56 Å². The second-order valence-electron chi connectivity index (χ2n) is 4.86. The van der Waals surface area contributed by atoms with E-state index in [1.165, 1.54) is 0 Å². The Bertz CT molecular complexity index is 696. The fourth-order valence-electron chi connectivity index (χ4n) is 1.84. The fourth-order valence-corrected chi connectivity index (χ4v) is 1.84. The Balaban J connectivity index is 1.90. The summed E-state index contributed by atoms with van der Waals surface area (Å²) in [4.78, 5) is 16.4. The van der Waals surface area contributed by atoms with Gasteiger partial charge in [-0.25, -0.2) is 4.79 Å². The van der Waals surface area contributed by atoms with Crippen LogP contribution in [0.2, 0.25) is 0 Å². The molecule has 0 amide bonds. The molecular formula is C17H18N2O3. The lowest BCUT2D eigenvalue weighted by Crippen LogP contribution is -2.18. The SMILES string of the molecule is Cc1cccc(/C(N)=N\OC(=O)COc2ccccc2C)c1. The number of rotatable bonds is 5. The van der Waals surface area contributed by atoms with Crippen LogP contribution in [0.25, 0.3) is 0 Å². The maximum Gasteiger partial charge on any atom is 0.372 e. The predicted molar refractivity (Wildman–Crippen MR) is 84.7 cm³/mol. The van der Waals surface area contributed by atoms with E-state index < -0.39 is 5.97 Å². The molecule has 2 aromatic rings. The quantitative estimate of drug-likeness (QED) is 0.398. The molecule has 2 rings (SSSR count). The van der Waals surface area contributed by atoms with E-state index in [9.17, 15) is 4.79 Å². The molecule has 0 unspecified atom stereocenters. The number of carbonyl (C=O) groups is 1. The van der Waals surface area contributed by atoms with Crippen LogP contribution in [0.3, 0.4) is 0 Å². The average molecular weight is 298 g/mol. The molecule has 0 radical (unpaired) electrons. The third-order valence-electron chi connectivity index (χ3n) is 3.00. The lowest BCUT2D eigenvalue weighted by atomic mass is 10.1. The minimum Gasteiger partial charge on any atom is -0.482 e. The third-order valence-corrected chi connectivity index (χ3v) is 3.00. The van der Waals surface area contributed by atoms with Crippen LogP contribution >= 0.6 is 0 Å². The van der Waals surface area contributed by atoms with Crippen molar-refractivity contribution in [2.24, 2.45) is 10.9 Å². The fraction of sp³-hybridized carbons (Fsp3) is 0.176. The predicted octanol–water partition coefficient (Wildman–Crippen LogP) is 2.55. The van der Waals surface area contributed by atoms with Gasteiger partial charge in [-0.2, -0.15) is 0 Å². The Morgan fingerprint density at radius 3 is 2.64 bits per heavy atom. The maximum absolute atomic E-state index is 11.6. The molecule has 2 aromatic carbocycles. The molecule has 0 saturated carbocycles. The van der Waals surface area contributed by atoms with Gasteiger partial charge in [0.2, 0.25) is 0 Å². The van der Waals surface area contributed by atoms with Crippen LogP contribution in [0.1, 0.15) is 16.7 Å². The number of oxime groups is 1.